The molecular formula is C24H28N4O3S. The quantitative estimate of drug-likeness (QED) is 0.507. The maximum atomic E-state index is 12.8. The lowest BCUT2D eigenvalue weighted by molar-refractivity contribution is -0.132. The van der Waals surface area contributed by atoms with E-state index in [0.29, 0.717) is 11.1 Å². The van der Waals surface area contributed by atoms with Gasteiger partial charge in [0.1, 0.15) is 0 Å². The molecule has 1 unspecified atom stereocenters. The number of likely N-dealkylation sites (N-methyl/N-ethyl adjacent to an activating group) is 1. The van der Waals surface area contributed by atoms with Gasteiger partial charge in [-0.3, -0.25) is 9.59 Å². The van der Waals surface area contributed by atoms with Gasteiger partial charge in [-0.1, -0.05) is 43.0 Å². The average Bonchev–Trinajstić information content (AvgIpc) is 3.23. The molecule has 0 fully saturated rings. The molecule has 8 heteroatoms. The molecule has 3 aromatic rings. The number of aryl methyl sites for hydroxylation is 3. The molecule has 1 atom stereocenters. The summed E-state index contributed by atoms with van der Waals surface area (Å²) in [7, 11) is 1.61. The van der Waals surface area contributed by atoms with Crippen LogP contribution in [-0.4, -0.2) is 45.8 Å². The van der Waals surface area contributed by atoms with Crippen LogP contribution in [0.4, 0.5) is 5.69 Å². The monoisotopic (exact) mass is 452 g/mol. The lowest BCUT2D eigenvalue weighted by atomic mass is 10.1. The minimum Gasteiger partial charge on any atom is -0.411 e. The molecule has 0 spiro atoms. The Kier molecular flexibility index (Phi) is 7.69. The van der Waals surface area contributed by atoms with Crippen molar-refractivity contribution in [3.8, 4) is 11.5 Å². The first-order valence-electron chi connectivity index (χ1n) is 10.5. The van der Waals surface area contributed by atoms with E-state index in [1.54, 1.807) is 14.0 Å². The van der Waals surface area contributed by atoms with E-state index in [4.69, 9.17) is 4.42 Å². The summed E-state index contributed by atoms with van der Waals surface area (Å²) in [6.45, 7) is 7.81. The molecule has 1 heterocycles. The fraction of sp³-hybridized carbons (Fsp3) is 0.333. The van der Waals surface area contributed by atoms with E-state index in [0.717, 1.165) is 28.8 Å². The van der Waals surface area contributed by atoms with E-state index >= 15 is 0 Å². The van der Waals surface area contributed by atoms with Gasteiger partial charge in [0.25, 0.3) is 5.22 Å². The molecule has 0 aliphatic carbocycles. The van der Waals surface area contributed by atoms with Gasteiger partial charge < -0.3 is 14.6 Å². The van der Waals surface area contributed by atoms with Crippen LogP contribution in [0.1, 0.15) is 30.5 Å². The molecule has 0 aliphatic rings. The summed E-state index contributed by atoms with van der Waals surface area (Å²) in [5, 5.41) is 10.9. The van der Waals surface area contributed by atoms with Crippen molar-refractivity contribution < 1.29 is 14.0 Å². The second kappa shape index (κ2) is 10.5. The second-order valence-corrected chi connectivity index (χ2v) is 8.98. The molecule has 3 rings (SSSR count). The number of amides is 2. The average molecular weight is 453 g/mol. The summed E-state index contributed by atoms with van der Waals surface area (Å²) >= 11 is 1.18. The number of benzene rings is 2. The van der Waals surface area contributed by atoms with Gasteiger partial charge in [-0.25, -0.2) is 0 Å². The normalized spacial score (nSPS) is 11.8. The molecule has 2 aromatic carbocycles. The predicted octanol–water partition coefficient (Wildman–Crippen LogP) is 4.49. The van der Waals surface area contributed by atoms with Crippen molar-refractivity contribution in [3.05, 3.63) is 59.2 Å². The first-order valence-corrected chi connectivity index (χ1v) is 11.4. The van der Waals surface area contributed by atoms with Gasteiger partial charge in [0.2, 0.25) is 17.7 Å². The van der Waals surface area contributed by atoms with Crippen molar-refractivity contribution in [2.45, 2.75) is 44.6 Å². The Morgan fingerprint density at radius 3 is 2.59 bits per heavy atom. The zero-order valence-electron chi connectivity index (χ0n) is 19.0. The summed E-state index contributed by atoms with van der Waals surface area (Å²) in [6, 6.07) is 13.6. The van der Waals surface area contributed by atoms with Gasteiger partial charge in [-0.2, -0.15) is 0 Å². The molecule has 168 valence electrons. The highest BCUT2D eigenvalue weighted by molar-refractivity contribution is 8.00. The summed E-state index contributed by atoms with van der Waals surface area (Å²) in [5.41, 5.74) is 4.99. The lowest BCUT2D eigenvalue weighted by Gasteiger charge is -2.20. The third kappa shape index (κ3) is 5.76. The Morgan fingerprint density at radius 1 is 1.12 bits per heavy atom. The zero-order chi connectivity index (χ0) is 23.3. The topological polar surface area (TPSA) is 88.3 Å². The Balaban J connectivity index is 1.57. The van der Waals surface area contributed by atoms with Crippen LogP contribution in [0.3, 0.4) is 0 Å². The van der Waals surface area contributed by atoms with E-state index in [-0.39, 0.29) is 18.4 Å². The molecule has 0 saturated carbocycles. The number of carbonyl (C=O) groups excluding carboxylic acids is 2. The highest BCUT2D eigenvalue weighted by Crippen LogP contribution is 2.27. The molecule has 0 bridgehead atoms. The summed E-state index contributed by atoms with van der Waals surface area (Å²) < 4.78 is 5.74. The SMILES string of the molecule is CCc1ccccc1NC(=O)CN(C)C(=O)C(C)Sc1nnc(-c2ccc(C)c(C)c2)o1. The Bertz CT molecular complexity index is 1110. The Hall–Kier alpha value is -3.13. The van der Waals surface area contributed by atoms with Gasteiger partial charge in [0.15, 0.2) is 0 Å². The number of nitrogens with one attached hydrogen (secondary N) is 1. The zero-order valence-corrected chi connectivity index (χ0v) is 19.8. The molecule has 7 nitrogen and oxygen atoms in total. The fourth-order valence-electron chi connectivity index (χ4n) is 3.19. The smallest absolute Gasteiger partial charge is 0.277 e. The van der Waals surface area contributed by atoms with Crippen molar-refractivity contribution >= 4 is 29.3 Å². The predicted molar refractivity (Wildman–Crippen MR) is 127 cm³/mol. The first-order chi connectivity index (χ1) is 15.3. The molecule has 2 amide bonds. The highest BCUT2D eigenvalue weighted by atomic mass is 32.2. The van der Waals surface area contributed by atoms with E-state index < -0.39 is 5.25 Å². The van der Waals surface area contributed by atoms with Crippen LogP contribution < -0.4 is 5.32 Å². The van der Waals surface area contributed by atoms with Gasteiger partial charge in [0.05, 0.1) is 11.8 Å². The Morgan fingerprint density at radius 2 is 1.88 bits per heavy atom. The molecule has 32 heavy (non-hydrogen) atoms. The molecule has 1 N–H and O–H groups in total. The number of nitrogens with zero attached hydrogens (tertiary/aromatic N) is 3. The molecule has 0 saturated heterocycles. The molecular weight excluding hydrogens is 424 g/mol. The number of carbonyl (C=O) groups is 2. The number of para-hydroxylation sites is 1. The van der Waals surface area contributed by atoms with E-state index in [1.807, 2.05) is 63.2 Å². The van der Waals surface area contributed by atoms with Crippen LogP contribution in [-0.2, 0) is 16.0 Å². The molecule has 0 aliphatic heterocycles. The standard InChI is InChI=1S/C24H28N4O3S/c1-6-18-9-7-8-10-20(18)25-21(29)14-28(5)23(30)17(4)32-24-27-26-22(31-24)19-12-11-15(2)16(3)13-19/h7-13,17H,6,14H2,1-5H3,(H,25,29). The number of hydrogen-bond acceptors (Lipinski definition) is 6. The van der Waals surface area contributed by atoms with Gasteiger partial charge in [0, 0.05) is 18.3 Å². The number of thioether (sulfide) groups is 1. The van der Waals surface area contributed by atoms with Crippen LogP contribution in [0.25, 0.3) is 11.5 Å². The number of aromatic nitrogens is 2. The van der Waals surface area contributed by atoms with E-state index in [2.05, 4.69) is 15.5 Å². The van der Waals surface area contributed by atoms with Gasteiger partial charge in [-0.15, -0.1) is 10.2 Å². The van der Waals surface area contributed by atoms with E-state index in [1.165, 1.54) is 22.2 Å². The third-order valence-corrected chi connectivity index (χ3v) is 6.14. The van der Waals surface area contributed by atoms with Gasteiger partial charge in [-0.05, 0) is 62.1 Å². The van der Waals surface area contributed by atoms with Crippen LogP contribution in [0.15, 0.2) is 52.1 Å². The minimum absolute atomic E-state index is 0.0422. The fourth-order valence-corrected chi connectivity index (χ4v) is 3.99. The lowest BCUT2D eigenvalue weighted by Crippen LogP contribution is -2.39. The van der Waals surface area contributed by atoms with Crippen molar-refractivity contribution in [1.29, 1.82) is 0 Å². The van der Waals surface area contributed by atoms with Crippen molar-refractivity contribution in [1.82, 2.24) is 15.1 Å². The third-order valence-electron chi connectivity index (χ3n) is 5.22. The molecule has 0 radical (unpaired) electrons. The number of hydrogen-bond donors (Lipinski definition) is 1. The van der Waals surface area contributed by atoms with Crippen LogP contribution in [0, 0.1) is 13.8 Å². The minimum atomic E-state index is -0.483. The molecule has 1 aromatic heterocycles. The number of anilines is 1. The van der Waals surface area contributed by atoms with Gasteiger partial charge >= 0.3 is 0 Å². The highest BCUT2D eigenvalue weighted by Gasteiger charge is 2.23. The largest absolute Gasteiger partial charge is 0.411 e. The maximum absolute atomic E-state index is 12.8. The van der Waals surface area contributed by atoms with Crippen LogP contribution >= 0.6 is 11.8 Å². The summed E-state index contributed by atoms with van der Waals surface area (Å²) in [5.74, 6) is -0.0220. The van der Waals surface area contributed by atoms with Crippen LogP contribution in [0.2, 0.25) is 0 Å². The van der Waals surface area contributed by atoms with E-state index in [9.17, 15) is 9.59 Å². The first kappa shape index (κ1) is 23.5. The van der Waals surface area contributed by atoms with Crippen molar-refractivity contribution in [2.24, 2.45) is 0 Å². The summed E-state index contributed by atoms with van der Waals surface area (Å²) in [6.07, 6.45) is 0.813. The second-order valence-electron chi connectivity index (χ2n) is 7.69. The number of rotatable bonds is 8. The van der Waals surface area contributed by atoms with Crippen LogP contribution in [0.5, 0.6) is 0 Å². The van der Waals surface area contributed by atoms with Crippen molar-refractivity contribution in [3.63, 3.8) is 0 Å². The maximum Gasteiger partial charge on any atom is 0.277 e. The summed E-state index contributed by atoms with van der Waals surface area (Å²) in [4.78, 5) is 26.6. The Labute approximate surface area is 192 Å². The van der Waals surface area contributed by atoms with Crippen molar-refractivity contribution in [2.75, 3.05) is 18.9 Å².